The Morgan fingerprint density at radius 1 is 1.43 bits per heavy atom. The first-order valence-corrected chi connectivity index (χ1v) is 8.27. The average Bonchev–Trinajstić information content (AvgIpc) is 2.82. The number of aromatic nitrogens is 1. The maximum absolute atomic E-state index is 11.9. The number of H-pyrrole nitrogens is 1. The molecular weight excluding hydrogens is 286 g/mol. The fourth-order valence-corrected chi connectivity index (χ4v) is 3.12. The Kier molecular flexibility index (Phi) is 5.15. The number of hydrogen-bond acceptors (Lipinski definition) is 2. The highest BCUT2D eigenvalue weighted by Crippen LogP contribution is 2.42. The quantitative estimate of drug-likeness (QED) is 0.739. The SMILES string of the molecule is C=C1CCC(C(C)(C)C)C/C1=C/c1[nH]c(C(=O)NNC)cc1C. The van der Waals surface area contributed by atoms with Gasteiger partial charge in [-0.05, 0) is 60.8 Å². The van der Waals surface area contributed by atoms with E-state index in [2.05, 4.69) is 49.3 Å². The van der Waals surface area contributed by atoms with Gasteiger partial charge in [0, 0.05) is 12.7 Å². The summed E-state index contributed by atoms with van der Waals surface area (Å²) in [6.45, 7) is 13.2. The monoisotopic (exact) mass is 315 g/mol. The number of carbonyl (C=O) groups is 1. The second kappa shape index (κ2) is 6.75. The maximum atomic E-state index is 11.9. The highest BCUT2D eigenvalue weighted by Gasteiger charge is 2.29. The van der Waals surface area contributed by atoms with Crippen LogP contribution in [-0.2, 0) is 0 Å². The van der Waals surface area contributed by atoms with Gasteiger partial charge in [-0.25, -0.2) is 5.43 Å². The van der Waals surface area contributed by atoms with Crippen molar-refractivity contribution in [3.8, 4) is 0 Å². The molecule has 0 saturated heterocycles. The third-order valence-corrected chi connectivity index (χ3v) is 4.80. The molecule has 1 aromatic heterocycles. The Morgan fingerprint density at radius 3 is 2.74 bits per heavy atom. The lowest BCUT2D eigenvalue weighted by Gasteiger charge is -2.36. The van der Waals surface area contributed by atoms with Gasteiger partial charge in [-0.15, -0.1) is 0 Å². The lowest BCUT2D eigenvalue weighted by molar-refractivity contribution is 0.0933. The molecule has 0 bridgehead atoms. The van der Waals surface area contributed by atoms with Gasteiger partial charge in [0.15, 0.2) is 0 Å². The fourth-order valence-electron chi connectivity index (χ4n) is 3.12. The summed E-state index contributed by atoms with van der Waals surface area (Å²) in [4.78, 5) is 15.1. The summed E-state index contributed by atoms with van der Waals surface area (Å²) in [5.74, 6) is 0.511. The molecule has 0 spiro atoms. The van der Waals surface area contributed by atoms with E-state index in [1.807, 2.05) is 13.0 Å². The first kappa shape index (κ1) is 17.5. The molecule has 1 atom stereocenters. The van der Waals surface area contributed by atoms with Gasteiger partial charge in [-0.1, -0.05) is 32.9 Å². The van der Waals surface area contributed by atoms with E-state index in [9.17, 15) is 4.79 Å². The second-order valence-corrected chi connectivity index (χ2v) is 7.56. The summed E-state index contributed by atoms with van der Waals surface area (Å²) in [6, 6.07) is 1.88. The highest BCUT2D eigenvalue weighted by molar-refractivity contribution is 5.92. The van der Waals surface area contributed by atoms with Gasteiger partial charge in [0.25, 0.3) is 5.91 Å². The molecule has 4 heteroatoms. The molecule has 0 radical (unpaired) electrons. The van der Waals surface area contributed by atoms with E-state index >= 15 is 0 Å². The molecule has 1 aliphatic rings. The van der Waals surface area contributed by atoms with Crippen LogP contribution in [-0.4, -0.2) is 17.9 Å². The first-order valence-electron chi connectivity index (χ1n) is 8.27. The molecule has 1 aromatic rings. The van der Waals surface area contributed by atoms with Gasteiger partial charge in [-0.3, -0.25) is 10.2 Å². The summed E-state index contributed by atoms with van der Waals surface area (Å²) >= 11 is 0. The van der Waals surface area contributed by atoms with Crippen molar-refractivity contribution < 1.29 is 4.79 Å². The smallest absolute Gasteiger partial charge is 0.281 e. The molecule has 1 fully saturated rings. The van der Waals surface area contributed by atoms with Gasteiger partial charge in [0.2, 0.25) is 0 Å². The number of aryl methyl sites for hydroxylation is 1. The number of hydrogen-bond donors (Lipinski definition) is 3. The van der Waals surface area contributed by atoms with Crippen LogP contribution < -0.4 is 10.9 Å². The van der Waals surface area contributed by atoms with Crippen molar-refractivity contribution >= 4 is 12.0 Å². The molecule has 1 unspecified atom stereocenters. The van der Waals surface area contributed by atoms with E-state index in [4.69, 9.17) is 0 Å². The Labute approximate surface area is 139 Å². The van der Waals surface area contributed by atoms with Gasteiger partial charge in [0.05, 0.1) is 0 Å². The number of carbonyl (C=O) groups excluding carboxylic acids is 1. The van der Waals surface area contributed by atoms with Crippen molar-refractivity contribution in [3.63, 3.8) is 0 Å². The van der Waals surface area contributed by atoms with E-state index in [-0.39, 0.29) is 5.91 Å². The largest absolute Gasteiger partial charge is 0.351 e. The standard InChI is InChI=1S/C19H29N3O/c1-12-7-8-15(19(3,4)5)10-14(12)11-16-13(2)9-17(21-16)18(23)22-20-6/h9,11,15,20-21H,1,7-8,10H2,2-6H3,(H,22,23)/b14-11-. The van der Waals surface area contributed by atoms with Crippen LogP contribution in [0.3, 0.4) is 0 Å². The predicted molar refractivity (Wildman–Crippen MR) is 96.0 cm³/mol. The molecule has 1 saturated carbocycles. The zero-order valence-electron chi connectivity index (χ0n) is 15.0. The van der Waals surface area contributed by atoms with Crippen LogP contribution in [0.5, 0.6) is 0 Å². The van der Waals surface area contributed by atoms with E-state index < -0.39 is 0 Å². The third kappa shape index (κ3) is 4.14. The van der Waals surface area contributed by atoms with Gasteiger partial charge >= 0.3 is 0 Å². The Morgan fingerprint density at radius 2 is 2.13 bits per heavy atom. The van der Waals surface area contributed by atoms with Crippen molar-refractivity contribution in [2.75, 3.05) is 7.05 Å². The van der Waals surface area contributed by atoms with E-state index in [1.165, 1.54) is 17.6 Å². The van der Waals surface area contributed by atoms with Crippen LogP contribution in [0.4, 0.5) is 0 Å². The zero-order valence-corrected chi connectivity index (χ0v) is 15.0. The Bertz CT molecular complexity index is 632. The zero-order chi connectivity index (χ0) is 17.2. The number of aromatic amines is 1. The minimum absolute atomic E-state index is 0.157. The van der Waals surface area contributed by atoms with Gasteiger partial charge in [0.1, 0.15) is 5.69 Å². The number of hydrazine groups is 1. The molecule has 1 amide bonds. The molecule has 1 heterocycles. The Balaban J connectivity index is 2.26. The van der Waals surface area contributed by atoms with Crippen LogP contribution in [0.25, 0.3) is 6.08 Å². The van der Waals surface area contributed by atoms with Crippen LogP contribution in [0.15, 0.2) is 23.8 Å². The number of amides is 1. The van der Waals surface area contributed by atoms with E-state index in [1.54, 1.807) is 7.05 Å². The van der Waals surface area contributed by atoms with Gasteiger partial charge in [-0.2, -0.15) is 0 Å². The van der Waals surface area contributed by atoms with E-state index in [0.717, 1.165) is 24.1 Å². The molecule has 0 aliphatic heterocycles. The van der Waals surface area contributed by atoms with Crippen LogP contribution in [0.2, 0.25) is 0 Å². The fraction of sp³-hybridized carbons (Fsp3) is 0.526. The van der Waals surface area contributed by atoms with Gasteiger partial charge < -0.3 is 4.98 Å². The van der Waals surface area contributed by atoms with Crippen molar-refractivity contribution in [2.45, 2.75) is 47.0 Å². The summed E-state index contributed by atoms with van der Waals surface area (Å²) in [5.41, 5.74) is 10.7. The second-order valence-electron chi connectivity index (χ2n) is 7.56. The predicted octanol–water partition coefficient (Wildman–Crippen LogP) is 3.97. The lowest BCUT2D eigenvalue weighted by atomic mass is 9.69. The minimum atomic E-state index is -0.157. The van der Waals surface area contributed by atoms with Crippen molar-refractivity contribution in [3.05, 3.63) is 40.7 Å². The molecule has 4 nitrogen and oxygen atoms in total. The molecule has 0 aromatic carbocycles. The molecule has 126 valence electrons. The molecule has 23 heavy (non-hydrogen) atoms. The molecule has 1 aliphatic carbocycles. The van der Waals surface area contributed by atoms with Crippen LogP contribution in [0, 0.1) is 18.3 Å². The minimum Gasteiger partial charge on any atom is -0.351 e. The van der Waals surface area contributed by atoms with Crippen LogP contribution >= 0.6 is 0 Å². The van der Waals surface area contributed by atoms with Crippen molar-refractivity contribution in [2.24, 2.45) is 11.3 Å². The number of rotatable bonds is 3. The number of nitrogens with one attached hydrogen (secondary N) is 3. The number of allylic oxidation sites excluding steroid dienone is 2. The lowest BCUT2D eigenvalue weighted by Crippen LogP contribution is -2.34. The van der Waals surface area contributed by atoms with Crippen molar-refractivity contribution in [1.82, 2.24) is 15.8 Å². The summed E-state index contributed by atoms with van der Waals surface area (Å²) in [5, 5.41) is 0. The first-order chi connectivity index (χ1) is 10.7. The van der Waals surface area contributed by atoms with E-state index in [0.29, 0.717) is 17.0 Å². The summed E-state index contributed by atoms with van der Waals surface area (Å²) in [6.07, 6.45) is 5.49. The third-order valence-electron chi connectivity index (χ3n) is 4.80. The maximum Gasteiger partial charge on any atom is 0.281 e. The average molecular weight is 315 g/mol. The summed E-state index contributed by atoms with van der Waals surface area (Å²) in [7, 11) is 1.68. The topological polar surface area (TPSA) is 56.9 Å². The Hall–Kier alpha value is -1.81. The molecular formula is C19H29N3O. The molecule has 3 N–H and O–H groups in total. The van der Waals surface area contributed by atoms with Crippen LogP contribution in [0.1, 0.15) is 61.8 Å². The molecule has 2 rings (SSSR count). The van der Waals surface area contributed by atoms with Crippen molar-refractivity contribution in [1.29, 1.82) is 0 Å². The summed E-state index contributed by atoms with van der Waals surface area (Å²) < 4.78 is 0. The highest BCUT2D eigenvalue weighted by atomic mass is 16.2. The normalized spacial score (nSPS) is 20.8.